The zero-order chi connectivity index (χ0) is 45.4. The highest BCUT2D eigenvalue weighted by molar-refractivity contribution is 6.14. The van der Waals surface area contributed by atoms with Gasteiger partial charge in [0, 0.05) is 61.9 Å². The molecule has 6 heteroatoms. The van der Waals surface area contributed by atoms with Crippen molar-refractivity contribution in [1.82, 2.24) is 19.5 Å². The van der Waals surface area contributed by atoms with E-state index in [1.54, 1.807) is 0 Å². The number of furan rings is 1. The van der Waals surface area contributed by atoms with Crippen LogP contribution in [-0.2, 0) is 6.42 Å². The predicted octanol–water partition coefficient (Wildman–Crippen LogP) is 15.4. The molecule has 3 aromatic heterocycles. The maximum Gasteiger partial charge on any atom is 0.164 e. The highest BCUT2D eigenvalue weighted by Gasteiger charge is 2.40. The molecule has 0 amide bonds. The second-order valence-electron chi connectivity index (χ2n) is 18.3. The summed E-state index contributed by atoms with van der Waals surface area (Å²) < 4.78 is 9.50. The van der Waals surface area contributed by atoms with Gasteiger partial charge in [-0.05, 0) is 94.8 Å². The average Bonchev–Trinajstić information content (AvgIpc) is 4.07. The van der Waals surface area contributed by atoms with E-state index >= 15 is 0 Å². The molecular formula is C63H43N5O. The van der Waals surface area contributed by atoms with Crippen LogP contribution in [0.2, 0.25) is 0 Å². The van der Waals surface area contributed by atoms with E-state index in [-0.39, 0.29) is 6.04 Å². The monoisotopic (exact) mass is 885 g/mol. The minimum absolute atomic E-state index is 0.269. The molecule has 0 radical (unpaired) electrons. The summed E-state index contributed by atoms with van der Waals surface area (Å²) in [6.45, 7) is 0. The molecule has 1 aliphatic heterocycles. The van der Waals surface area contributed by atoms with Crippen molar-refractivity contribution in [2.75, 3.05) is 4.90 Å². The zero-order valence-electron chi connectivity index (χ0n) is 37.6. The van der Waals surface area contributed by atoms with E-state index in [0.29, 0.717) is 23.4 Å². The molecule has 0 bridgehead atoms. The lowest BCUT2D eigenvalue weighted by atomic mass is 9.86. The Kier molecular flexibility index (Phi) is 9.05. The minimum Gasteiger partial charge on any atom is -0.456 e. The van der Waals surface area contributed by atoms with Crippen LogP contribution < -0.4 is 4.90 Å². The van der Waals surface area contributed by atoms with Crippen molar-refractivity contribution in [3.63, 3.8) is 0 Å². The van der Waals surface area contributed by atoms with Crippen LogP contribution in [0.15, 0.2) is 229 Å². The molecule has 14 rings (SSSR count). The average molecular weight is 886 g/mol. The quantitative estimate of drug-likeness (QED) is 0.160. The van der Waals surface area contributed by atoms with E-state index in [2.05, 4.69) is 173 Å². The van der Waals surface area contributed by atoms with Crippen LogP contribution >= 0.6 is 0 Å². The van der Waals surface area contributed by atoms with Crippen LogP contribution in [-0.4, -0.2) is 25.6 Å². The number of rotatable bonds is 7. The van der Waals surface area contributed by atoms with E-state index in [0.717, 1.165) is 79.4 Å². The highest BCUT2D eigenvalue weighted by Crippen LogP contribution is 2.52. The number of aromatic nitrogens is 4. The first-order chi connectivity index (χ1) is 34.2. The van der Waals surface area contributed by atoms with Gasteiger partial charge in [-0.1, -0.05) is 170 Å². The lowest BCUT2D eigenvalue weighted by Gasteiger charge is -2.32. The number of anilines is 1. The van der Waals surface area contributed by atoms with Crippen molar-refractivity contribution in [2.24, 2.45) is 0 Å². The van der Waals surface area contributed by atoms with Gasteiger partial charge in [-0.2, -0.15) is 0 Å². The van der Waals surface area contributed by atoms with Crippen LogP contribution in [0.1, 0.15) is 29.2 Å². The summed E-state index contributed by atoms with van der Waals surface area (Å²) in [5, 5.41) is 3.42. The fourth-order valence-electron chi connectivity index (χ4n) is 11.1. The van der Waals surface area contributed by atoms with Gasteiger partial charge >= 0.3 is 0 Å². The Balaban J connectivity index is 0.933. The van der Waals surface area contributed by atoms with Gasteiger partial charge in [-0.25, -0.2) is 15.0 Å². The van der Waals surface area contributed by atoms with E-state index in [1.165, 1.54) is 39.1 Å². The molecular weight excluding hydrogens is 843 g/mol. The third kappa shape index (κ3) is 6.51. The predicted molar refractivity (Wildman–Crippen MR) is 281 cm³/mol. The molecule has 0 spiro atoms. The summed E-state index contributed by atoms with van der Waals surface area (Å²) in [5.74, 6) is 2.17. The lowest BCUT2D eigenvalue weighted by molar-refractivity contribution is 0.668. The number of para-hydroxylation sites is 2. The standard InChI is InChI=1S/C63H43N5O/c1-5-18-40(19-6-1)45-35-51(43-24-17-25-44(34-43)63-65-61(41-20-7-2-8-21-41)64-62(66-63)42-22-9-3-10-23-42)60-50-33-32-47(37-58(50)69-59(60)36-45)68-55-31-16-14-29-49(55)53-38-52-48-28-13-15-30-54(48)67(56(52)39-57(53)68)46-26-11-4-12-27-46/h1-26,28-37,39,46,52H,27,38H2. The van der Waals surface area contributed by atoms with Crippen molar-refractivity contribution >= 4 is 44.6 Å². The van der Waals surface area contributed by atoms with Crippen LogP contribution in [0, 0.1) is 0 Å². The van der Waals surface area contributed by atoms with E-state index in [4.69, 9.17) is 19.4 Å². The van der Waals surface area contributed by atoms with Crippen molar-refractivity contribution in [1.29, 1.82) is 0 Å². The summed E-state index contributed by atoms with van der Waals surface area (Å²) in [4.78, 5) is 17.7. The van der Waals surface area contributed by atoms with Gasteiger partial charge in [0.25, 0.3) is 0 Å². The van der Waals surface area contributed by atoms with E-state index in [9.17, 15) is 0 Å². The Morgan fingerprint density at radius 2 is 1.17 bits per heavy atom. The summed E-state index contributed by atoms with van der Waals surface area (Å²) in [6, 6.07) is 68.8. The SMILES string of the molecule is C1=CCC(N2C3=Cc4c(c5ccccc5n4-c4ccc5c(c4)oc4cc(-c6ccccc6)cc(-c6cccc(-c7nc(-c8ccccc8)nc(-c8ccccc8)n7)c6)c45)CC3c3ccccc32)C=C1. The largest absolute Gasteiger partial charge is 0.456 e. The molecule has 0 saturated carbocycles. The number of fused-ring (bicyclic) bond motifs is 9. The Bertz CT molecular complexity index is 3860. The van der Waals surface area contributed by atoms with Crippen LogP contribution in [0.25, 0.3) is 101 Å². The molecule has 0 fully saturated rings. The lowest BCUT2D eigenvalue weighted by Crippen LogP contribution is -2.32. The maximum absolute atomic E-state index is 7.04. The Labute approximate surface area is 399 Å². The Morgan fingerprint density at radius 3 is 1.93 bits per heavy atom. The number of allylic oxidation sites excluding steroid dienone is 3. The van der Waals surface area contributed by atoms with Crippen LogP contribution in [0.5, 0.6) is 0 Å². The van der Waals surface area contributed by atoms with Crippen molar-refractivity contribution in [3.05, 3.63) is 241 Å². The molecule has 2 aliphatic carbocycles. The van der Waals surface area contributed by atoms with Crippen molar-refractivity contribution in [3.8, 4) is 62.1 Å². The number of nitrogens with zero attached hydrogens (tertiary/aromatic N) is 5. The Hall–Kier alpha value is -8.87. The molecule has 0 N–H and O–H groups in total. The van der Waals surface area contributed by atoms with Gasteiger partial charge in [0.1, 0.15) is 11.2 Å². The summed E-state index contributed by atoms with van der Waals surface area (Å²) in [6.07, 6.45) is 13.4. The zero-order valence-corrected chi connectivity index (χ0v) is 37.6. The smallest absolute Gasteiger partial charge is 0.164 e. The van der Waals surface area contributed by atoms with Gasteiger partial charge in [0.05, 0.1) is 17.3 Å². The molecule has 326 valence electrons. The molecule has 3 aliphatic rings. The van der Waals surface area contributed by atoms with Gasteiger partial charge in [0.2, 0.25) is 0 Å². The highest BCUT2D eigenvalue weighted by atomic mass is 16.3. The summed E-state index contributed by atoms with van der Waals surface area (Å²) in [7, 11) is 0. The fraction of sp³-hybridized carbons (Fsp3) is 0.0635. The number of benzene rings is 8. The second kappa shape index (κ2) is 15.9. The third-order valence-corrected chi connectivity index (χ3v) is 14.3. The van der Waals surface area contributed by atoms with Gasteiger partial charge in [-0.3, -0.25) is 0 Å². The first-order valence-corrected chi connectivity index (χ1v) is 23.8. The molecule has 4 heterocycles. The molecule has 11 aromatic rings. The summed E-state index contributed by atoms with van der Waals surface area (Å²) in [5.41, 5.74) is 17.8. The molecule has 0 saturated heterocycles. The molecule has 69 heavy (non-hydrogen) atoms. The van der Waals surface area contributed by atoms with Gasteiger partial charge in [-0.15, -0.1) is 0 Å². The Morgan fingerprint density at radius 1 is 0.507 bits per heavy atom. The topological polar surface area (TPSA) is 60.0 Å². The van der Waals surface area contributed by atoms with E-state index in [1.807, 2.05) is 60.7 Å². The summed E-state index contributed by atoms with van der Waals surface area (Å²) >= 11 is 0. The van der Waals surface area contributed by atoms with Crippen molar-refractivity contribution in [2.45, 2.75) is 24.8 Å². The van der Waals surface area contributed by atoms with Crippen LogP contribution in [0.4, 0.5) is 5.69 Å². The van der Waals surface area contributed by atoms with Crippen LogP contribution in [0.3, 0.4) is 0 Å². The molecule has 2 atom stereocenters. The number of hydrogen-bond acceptors (Lipinski definition) is 5. The molecule has 8 aromatic carbocycles. The van der Waals surface area contributed by atoms with Gasteiger partial charge in [0.15, 0.2) is 17.5 Å². The fourth-order valence-corrected chi connectivity index (χ4v) is 11.1. The first-order valence-electron chi connectivity index (χ1n) is 23.8. The second-order valence-corrected chi connectivity index (χ2v) is 18.3. The van der Waals surface area contributed by atoms with E-state index < -0.39 is 0 Å². The van der Waals surface area contributed by atoms with Crippen molar-refractivity contribution < 1.29 is 4.42 Å². The molecule has 2 unspecified atom stereocenters. The minimum atomic E-state index is 0.269. The maximum atomic E-state index is 7.04. The van der Waals surface area contributed by atoms with Gasteiger partial charge < -0.3 is 13.9 Å². The molecule has 6 nitrogen and oxygen atoms in total. The third-order valence-electron chi connectivity index (χ3n) is 14.3. The normalized spacial score (nSPS) is 15.9. The first kappa shape index (κ1) is 39.3. The number of hydrogen-bond donors (Lipinski definition) is 0.